The fourth-order valence-corrected chi connectivity index (χ4v) is 2.89. The Bertz CT molecular complexity index is 817. The molecule has 0 atom stereocenters. The average molecular weight is 334 g/mol. The van der Waals surface area contributed by atoms with Crippen molar-refractivity contribution in [3.8, 4) is 0 Å². The van der Waals surface area contributed by atoms with E-state index < -0.39 is 0 Å². The maximum absolute atomic E-state index is 12.3. The van der Waals surface area contributed by atoms with Crippen LogP contribution in [-0.4, -0.2) is 10.8 Å². The van der Waals surface area contributed by atoms with Crippen LogP contribution in [-0.2, 0) is 0 Å². The molecule has 3 rings (SSSR count). The molecule has 1 heterocycles. The SMILES string of the molecule is O=C(c1ccc(Br)cc1)c1ccc2[nH]c(=O)sc2c1. The Morgan fingerprint density at radius 2 is 1.74 bits per heavy atom. The summed E-state index contributed by atoms with van der Waals surface area (Å²) >= 11 is 4.45. The Hall–Kier alpha value is -1.72. The van der Waals surface area contributed by atoms with Crippen molar-refractivity contribution in [2.24, 2.45) is 0 Å². The van der Waals surface area contributed by atoms with Crippen LogP contribution in [0.1, 0.15) is 15.9 Å². The molecule has 3 aromatic rings. The molecule has 0 unspecified atom stereocenters. The number of aromatic amines is 1. The molecule has 0 aliphatic heterocycles. The highest BCUT2D eigenvalue weighted by atomic mass is 79.9. The van der Waals surface area contributed by atoms with Crippen LogP contribution < -0.4 is 4.87 Å². The van der Waals surface area contributed by atoms with Gasteiger partial charge in [-0.15, -0.1) is 0 Å². The smallest absolute Gasteiger partial charge is 0.305 e. The van der Waals surface area contributed by atoms with Crippen molar-refractivity contribution in [1.29, 1.82) is 0 Å². The Morgan fingerprint density at radius 1 is 1.05 bits per heavy atom. The number of aromatic nitrogens is 1. The molecule has 19 heavy (non-hydrogen) atoms. The summed E-state index contributed by atoms with van der Waals surface area (Å²) in [5.41, 5.74) is 1.98. The quantitative estimate of drug-likeness (QED) is 0.728. The van der Waals surface area contributed by atoms with Crippen molar-refractivity contribution in [2.75, 3.05) is 0 Å². The van der Waals surface area contributed by atoms with Crippen LogP contribution in [0.4, 0.5) is 0 Å². The zero-order chi connectivity index (χ0) is 13.4. The van der Waals surface area contributed by atoms with E-state index in [4.69, 9.17) is 0 Å². The number of carbonyl (C=O) groups excluding carboxylic acids is 1. The van der Waals surface area contributed by atoms with E-state index in [9.17, 15) is 9.59 Å². The lowest BCUT2D eigenvalue weighted by Gasteiger charge is -2.01. The van der Waals surface area contributed by atoms with Crippen LogP contribution in [0.2, 0.25) is 0 Å². The molecular formula is C14H8BrNO2S. The van der Waals surface area contributed by atoms with Gasteiger partial charge in [-0.2, -0.15) is 0 Å². The first kappa shape index (κ1) is 12.3. The third-order valence-electron chi connectivity index (χ3n) is 2.79. The van der Waals surface area contributed by atoms with Gasteiger partial charge in [-0.05, 0) is 42.5 Å². The molecule has 0 aliphatic rings. The maximum atomic E-state index is 12.3. The van der Waals surface area contributed by atoms with Crippen molar-refractivity contribution in [2.45, 2.75) is 0 Å². The summed E-state index contributed by atoms with van der Waals surface area (Å²) < 4.78 is 1.73. The van der Waals surface area contributed by atoms with Gasteiger partial charge in [-0.25, -0.2) is 0 Å². The molecule has 0 bridgehead atoms. The Kier molecular flexibility index (Phi) is 3.08. The highest BCUT2D eigenvalue weighted by molar-refractivity contribution is 9.10. The summed E-state index contributed by atoms with van der Waals surface area (Å²) in [5, 5.41) is 0. The number of carbonyl (C=O) groups is 1. The highest BCUT2D eigenvalue weighted by Gasteiger charge is 2.10. The zero-order valence-electron chi connectivity index (χ0n) is 9.64. The summed E-state index contributed by atoms with van der Waals surface area (Å²) in [6.07, 6.45) is 0. The van der Waals surface area contributed by atoms with Gasteiger partial charge in [-0.1, -0.05) is 27.3 Å². The topological polar surface area (TPSA) is 49.9 Å². The van der Waals surface area contributed by atoms with Crippen LogP contribution in [0, 0.1) is 0 Å². The van der Waals surface area contributed by atoms with Crippen LogP contribution >= 0.6 is 27.3 Å². The second-order valence-electron chi connectivity index (χ2n) is 4.06. The number of hydrogen-bond acceptors (Lipinski definition) is 3. The first-order valence-corrected chi connectivity index (χ1v) is 7.17. The van der Waals surface area contributed by atoms with Crippen molar-refractivity contribution < 1.29 is 4.79 Å². The van der Waals surface area contributed by atoms with Gasteiger partial charge < -0.3 is 4.98 Å². The van der Waals surface area contributed by atoms with Gasteiger partial charge in [0.2, 0.25) is 0 Å². The minimum Gasteiger partial charge on any atom is -0.312 e. The Morgan fingerprint density at radius 3 is 2.47 bits per heavy atom. The van der Waals surface area contributed by atoms with Gasteiger partial charge in [0, 0.05) is 15.6 Å². The van der Waals surface area contributed by atoms with E-state index in [0.717, 1.165) is 26.0 Å². The van der Waals surface area contributed by atoms with Crippen molar-refractivity contribution >= 4 is 43.3 Å². The van der Waals surface area contributed by atoms with Gasteiger partial charge in [0.25, 0.3) is 0 Å². The standard InChI is InChI=1S/C14H8BrNO2S/c15-10-4-1-8(2-5-10)13(17)9-3-6-11-12(7-9)19-14(18)16-11/h1-7H,(H,16,18). The molecule has 0 amide bonds. The van der Waals surface area contributed by atoms with Crippen LogP contribution in [0.5, 0.6) is 0 Å². The van der Waals surface area contributed by atoms with E-state index in [1.807, 2.05) is 12.1 Å². The largest absolute Gasteiger partial charge is 0.312 e. The molecule has 1 N–H and O–H groups in total. The Balaban J connectivity index is 2.05. The van der Waals surface area contributed by atoms with Crippen LogP contribution in [0.25, 0.3) is 10.2 Å². The molecule has 0 spiro atoms. The summed E-state index contributed by atoms with van der Waals surface area (Å²) in [4.78, 5) is 26.2. The van der Waals surface area contributed by atoms with E-state index in [-0.39, 0.29) is 10.7 Å². The Labute approximate surface area is 121 Å². The lowest BCUT2D eigenvalue weighted by molar-refractivity contribution is 0.103. The van der Waals surface area contributed by atoms with Crippen molar-refractivity contribution in [3.05, 3.63) is 67.7 Å². The molecule has 0 fully saturated rings. The predicted octanol–water partition coefficient (Wildman–Crippen LogP) is 3.58. The second-order valence-corrected chi connectivity index (χ2v) is 5.99. The second kappa shape index (κ2) is 4.75. The number of thiazole rings is 1. The number of ketones is 1. The molecular weight excluding hydrogens is 326 g/mol. The minimum atomic E-state index is -0.108. The van der Waals surface area contributed by atoms with Crippen molar-refractivity contribution in [1.82, 2.24) is 4.98 Å². The first-order valence-electron chi connectivity index (χ1n) is 5.56. The molecule has 0 saturated heterocycles. The summed E-state index contributed by atoms with van der Waals surface area (Å²) in [6, 6.07) is 12.5. The van der Waals surface area contributed by atoms with E-state index in [1.54, 1.807) is 30.3 Å². The molecule has 0 radical (unpaired) electrons. The van der Waals surface area contributed by atoms with E-state index in [0.29, 0.717) is 11.1 Å². The zero-order valence-corrected chi connectivity index (χ0v) is 12.0. The number of fused-ring (bicyclic) bond motifs is 1. The molecule has 3 nitrogen and oxygen atoms in total. The molecule has 94 valence electrons. The fourth-order valence-electron chi connectivity index (χ4n) is 1.85. The first-order chi connectivity index (χ1) is 9.13. The van der Waals surface area contributed by atoms with E-state index in [1.165, 1.54) is 0 Å². The molecule has 0 aliphatic carbocycles. The monoisotopic (exact) mass is 333 g/mol. The van der Waals surface area contributed by atoms with Gasteiger partial charge in [0.1, 0.15) is 0 Å². The summed E-state index contributed by atoms with van der Waals surface area (Å²) in [7, 11) is 0. The predicted molar refractivity (Wildman–Crippen MR) is 80.0 cm³/mol. The molecule has 5 heteroatoms. The van der Waals surface area contributed by atoms with Crippen molar-refractivity contribution in [3.63, 3.8) is 0 Å². The third kappa shape index (κ3) is 2.39. The normalized spacial score (nSPS) is 10.8. The van der Waals surface area contributed by atoms with Crippen LogP contribution in [0.3, 0.4) is 0 Å². The number of H-pyrrole nitrogens is 1. The number of halogens is 1. The number of nitrogens with one attached hydrogen (secondary N) is 1. The lowest BCUT2D eigenvalue weighted by atomic mass is 10.0. The molecule has 0 saturated carbocycles. The van der Waals surface area contributed by atoms with Gasteiger partial charge in [0.05, 0.1) is 10.2 Å². The lowest BCUT2D eigenvalue weighted by Crippen LogP contribution is -2.00. The number of benzene rings is 2. The summed E-state index contributed by atoms with van der Waals surface area (Å²) in [5.74, 6) is -0.0461. The van der Waals surface area contributed by atoms with Gasteiger partial charge in [-0.3, -0.25) is 9.59 Å². The van der Waals surface area contributed by atoms with E-state index >= 15 is 0 Å². The minimum absolute atomic E-state index is 0.0461. The van der Waals surface area contributed by atoms with Gasteiger partial charge in [0.15, 0.2) is 5.78 Å². The number of rotatable bonds is 2. The number of hydrogen-bond donors (Lipinski definition) is 1. The highest BCUT2D eigenvalue weighted by Crippen LogP contribution is 2.19. The molecule has 1 aromatic heterocycles. The summed E-state index contributed by atoms with van der Waals surface area (Å²) in [6.45, 7) is 0. The fraction of sp³-hybridized carbons (Fsp3) is 0. The molecule has 2 aromatic carbocycles. The van der Waals surface area contributed by atoms with Crippen LogP contribution in [0.15, 0.2) is 51.7 Å². The maximum Gasteiger partial charge on any atom is 0.305 e. The van der Waals surface area contributed by atoms with E-state index in [2.05, 4.69) is 20.9 Å². The third-order valence-corrected chi connectivity index (χ3v) is 4.16. The average Bonchev–Trinajstić information content (AvgIpc) is 2.77. The van der Waals surface area contributed by atoms with Gasteiger partial charge >= 0.3 is 4.87 Å².